The van der Waals surface area contributed by atoms with E-state index in [9.17, 15) is 4.79 Å². The van der Waals surface area contributed by atoms with Gasteiger partial charge in [-0.3, -0.25) is 0 Å². The van der Waals surface area contributed by atoms with Crippen LogP contribution in [0.2, 0.25) is 0 Å². The lowest BCUT2D eigenvalue weighted by molar-refractivity contribution is 0.191. The second-order valence-electron chi connectivity index (χ2n) is 7.15. The summed E-state index contributed by atoms with van der Waals surface area (Å²) >= 11 is 0. The minimum atomic E-state index is 0. The molecule has 0 bridgehead atoms. The molecule has 0 aliphatic carbocycles. The summed E-state index contributed by atoms with van der Waals surface area (Å²) in [6.45, 7) is 5.37. The summed E-state index contributed by atoms with van der Waals surface area (Å²) in [5, 5.41) is 10.4. The number of nitrogens with zero attached hydrogens (tertiary/aromatic N) is 4. The summed E-state index contributed by atoms with van der Waals surface area (Å²) in [6, 6.07) is 8.03. The van der Waals surface area contributed by atoms with E-state index in [1.54, 1.807) is 7.11 Å². The summed E-state index contributed by atoms with van der Waals surface area (Å²) in [6.07, 6.45) is 1.13. The average Bonchev–Trinajstić information content (AvgIpc) is 3.44. The van der Waals surface area contributed by atoms with Crippen molar-refractivity contribution in [3.8, 4) is 17.1 Å². The molecule has 10 heteroatoms. The van der Waals surface area contributed by atoms with E-state index in [-0.39, 0.29) is 18.4 Å². The van der Waals surface area contributed by atoms with Crippen LogP contribution in [-0.4, -0.2) is 74.0 Å². The minimum Gasteiger partial charge on any atom is -0.497 e. The van der Waals surface area contributed by atoms with Gasteiger partial charge in [-0.1, -0.05) is 5.16 Å². The first-order valence-corrected chi connectivity index (χ1v) is 9.69. The predicted molar refractivity (Wildman–Crippen MR) is 112 cm³/mol. The second kappa shape index (κ2) is 9.80. The third-order valence-electron chi connectivity index (χ3n) is 5.31. The largest absolute Gasteiger partial charge is 0.497 e. The van der Waals surface area contributed by atoms with Gasteiger partial charge in [-0.15, -0.1) is 12.4 Å². The fourth-order valence-electron chi connectivity index (χ4n) is 3.53. The van der Waals surface area contributed by atoms with Gasteiger partial charge in [-0.05, 0) is 49.7 Å². The van der Waals surface area contributed by atoms with Crippen molar-refractivity contribution >= 4 is 24.5 Å². The van der Waals surface area contributed by atoms with Crippen LogP contribution in [0.25, 0.3) is 11.4 Å². The van der Waals surface area contributed by atoms with Crippen LogP contribution in [0.4, 0.5) is 10.8 Å². The lowest BCUT2D eigenvalue weighted by Gasteiger charge is -2.33. The maximum absolute atomic E-state index is 12.4. The number of benzene rings is 1. The van der Waals surface area contributed by atoms with Crippen LogP contribution >= 0.6 is 12.4 Å². The Kier molecular flexibility index (Phi) is 7.16. The number of piperazine rings is 1. The molecular formula is C19H27ClN6O3. The highest BCUT2D eigenvalue weighted by Gasteiger charge is 2.25. The standard InChI is InChI=1S/C19H26N6O3.ClH/c1-27-16-4-2-15(3-5-16)17-22-19(28-23-17)25-10-8-24(9-11-25)18(26)21-13-14-6-7-20-12-14;/h2-5,14,20H,6-13H2,1H3,(H,21,26);1H. The van der Waals surface area contributed by atoms with E-state index in [1.807, 2.05) is 34.1 Å². The van der Waals surface area contributed by atoms with Gasteiger partial charge in [0.05, 0.1) is 7.11 Å². The van der Waals surface area contributed by atoms with Crippen LogP contribution in [0, 0.1) is 5.92 Å². The quantitative estimate of drug-likeness (QED) is 0.755. The third kappa shape index (κ3) is 5.10. The fourth-order valence-corrected chi connectivity index (χ4v) is 3.53. The Morgan fingerprint density at radius 3 is 2.69 bits per heavy atom. The highest BCUT2D eigenvalue weighted by molar-refractivity contribution is 5.85. The number of halogens is 1. The molecule has 1 aromatic heterocycles. The SMILES string of the molecule is COc1ccc(-c2noc(N3CCN(C(=O)NCC4CCNC4)CC3)n2)cc1.Cl. The number of aromatic nitrogens is 2. The van der Waals surface area contributed by atoms with E-state index >= 15 is 0 Å². The number of rotatable bonds is 5. The van der Waals surface area contributed by atoms with Gasteiger partial charge < -0.3 is 29.7 Å². The van der Waals surface area contributed by atoms with Gasteiger partial charge >= 0.3 is 12.0 Å². The molecule has 2 aromatic rings. The van der Waals surface area contributed by atoms with Gasteiger partial charge in [0.25, 0.3) is 0 Å². The molecule has 0 saturated carbocycles. The molecule has 9 nitrogen and oxygen atoms in total. The van der Waals surface area contributed by atoms with E-state index in [0.29, 0.717) is 43.9 Å². The highest BCUT2D eigenvalue weighted by atomic mass is 35.5. The number of nitrogens with one attached hydrogen (secondary N) is 2. The molecule has 2 fully saturated rings. The van der Waals surface area contributed by atoms with E-state index < -0.39 is 0 Å². The van der Waals surface area contributed by atoms with Gasteiger partial charge in [0, 0.05) is 38.3 Å². The van der Waals surface area contributed by atoms with Crippen molar-refractivity contribution in [3.63, 3.8) is 0 Å². The second-order valence-corrected chi connectivity index (χ2v) is 7.15. The number of hydrogen-bond acceptors (Lipinski definition) is 7. The molecule has 1 aromatic carbocycles. The Hall–Kier alpha value is -2.52. The molecule has 2 N–H and O–H groups in total. The van der Waals surface area contributed by atoms with Crippen LogP contribution in [0.15, 0.2) is 28.8 Å². The first kappa shape index (κ1) is 21.2. The van der Waals surface area contributed by atoms with Crippen LogP contribution < -0.4 is 20.3 Å². The summed E-state index contributed by atoms with van der Waals surface area (Å²) in [4.78, 5) is 20.7. The Labute approximate surface area is 176 Å². The highest BCUT2D eigenvalue weighted by Crippen LogP contribution is 2.23. The Morgan fingerprint density at radius 2 is 2.03 bits per heavy atom. The zero-order chi connectivity index (χ0) is 19.3. The molecule has 1 atom stereocenters. The van der Waals surface area contributed by atoms with Crippen LogP contribution in [0.1, 0.15) is 6.42 Å². The number of anilines is 1. The van der Waals surface area contributed by atoms with E-state index in [0.717, 1.165) is 37.4 Å². The van der Waals surface area contributed by atoms with E-state index in [4.69, 9.17) is 9.26 Å². The summed E-state index contributed by atoms with van der Waals surface area (Å²) in [7, 11) is 1.63. The molecule has 2 amide bonds. The normalized spacial score (nSPS) is 19.0. The van der Waals surface area contributed by atoms with Crippen LogP contribution in [0.5, 0.6) is 5.75 Å². The minimum absolute atomic E-state index is 0. The van der Waals surface area contributed by atoms with Gasteiger partial charge in [0.1, 0.15) is 5.75 Å². The molecular weight excluding hydrogens is 396 g/mol. The van der Waals surface area contributed by atoms with Crippen LogP contribution in [-0.2, 0) is 0 Å². The van der Waals surface area contributed by atoms with Crippen LogP contribution in [0.3, 0.4) is 0 Å². The van der Waals surface area contributed by atoms with E-state index in [1.165, 1.54) is 0 Å². The third-order valence-corrected chi connectivity index (χ3v) is 5.31. The lowest BCUT2D eigenvalue weighted by atomic mass is 10.1. The Bertz CT molecular complexity index is 785. The van der Waals surface area contributed by atoms with Crippen molar-refractivity contribution in [1.82, 2.24) is 25.7 Å². The number of methoxy groups -OCH3 is 1. The van der Waals surface area contributed by atoms with Crippen molar-refractivity contribution in [2.75, 3.05) is 57.8 Å². The van der Waals surface area contributed by atoms with Gasteiger partial charge in [-0.25, -0.2) is 4.79 Å². The van der Waals surface area contributed by atoms with Gasteiger partial charge in [-0.2, -0.15) is 4.98 Å². The first-order valence-electron chi connectivity index (χ1n) is 9.69. The summed E-state index contributed by atoms with van der Waals surface area (Å²) in [5.74, 6) is 1.87. The molecule has 0 spiro atoms. The number of hydrogen-bond donors (Lipinski definition) is 2. The van der Waals surface area contributed by atoms with Gasteiger partial charge in [0.2, 0.25) is 5.82 Å². The Morgan fingerprint density at radius 1 is 1.28 bits per heavy atom. The molecule has 4 rings (SSSR count). The van der Waals surface area contributed by atoms with Crippen molar-refractivity contribution in [2.45, 2.75) is 6.42 Å². The van der Waals surface area contributed by atoms with Crippen molar-refractivity contribution in [3.05, 3.63) is 24.3 Å². The zero-order valence-electron chi connectivity index (χ0n) is 16.5. The van der Waals surface area contributed by atoms with Crippen molar-refractivity contribution in [2.24, 2.45) is 5.92 Å². The zero-order valence-corrected chi connectivity index (χ0v) is 17.3. The molecule has 1 unspecified atom stereocenters. The summed E-state index contributed by atoms with van der Waals surface area (Å²) < 4.78 is 10.6. The molecule has 2 saturated heterocycles. The number of carbonyl (C=O) groups excluding carboxylic acids is 1. The Balaban J connectivity index is 0.00000240. The maximum atomic E-state index is 12.4. The molecule has 2 aliphatic heterocycles. The topological polar surface area (TPSA) is 95.8 Å². The number of ether oxygens (including phenoxy) is 1. The van der Waals surface area contributed by atoms with Crippen molar-refractivity contribution < 1.29 is 14.1 Å². The van der Waals surface area contributed by atoms with E-state index in [2.05, 4.69) is 20.8 Å². The number of urea groups is 1. The molecule has 0 radical (unpaired) electrons. The first-order chi connectivity index (χ1) is 13.7. The van der Waals surface area contributed by atoms with Gasteiger partial charge in [0.15, 0.2) is 0 Å². The van der Waals surface area contributed by atoms with Crippen molar-refractivity contribution in [1.29, 1.82) is 0 Å². The number of carbonyl (C=O) groups is 1. The smallest absolute Gasteiger partial charge is 0.324 e. The molecule has 2 aliphatic rings. The number of amides is 2. The lowest BCUT2D eigenvalue weighted by Crippen LogP contribution is -2.52. The molecule has 3 heterocycles. The fraction of sp³-hybridized carbons (Fsp3) is 0.526. The molecule has 158 valence electrons. The predicted octanol–water partition coefficient (Wildman–Crippen LogP) is 1.61. The average molecular weight is 423 g/mol. The maximum Gasteiger partial charge on any atom is 0.324 e. The monoisotopic (exact) mass is 422 g/mol. The molecule has 29 heavy (non-hydrogen) atoms. The summed E-state index contributed by atoms with van der Waals surface area (Å²) in [5.41, 5.74) is 0.871.